The smallest absolute Gasteiger partial charge is 0.325 e. The van der Waals surface area contributed by atoms with Gasteiger partial charge < -0.3 is 34.5 Å². The number of aliphatic hydroxyl groups is 1. The summed E-state index contributed by atoms with van der Waals surface area (Å²) in [4.78, 5) is 31.7. The van der Waals surface area contributed by atoms with Crippen LogP contribution >= 0.6 is 7.60 Å². The summed E-state index contributed by atoms with van der Waals surface area (Å²) >= 11 is 0. The summed E-state index contributed by atoms with van der Waals surface area (Å²) < 4.78 is 34.1. The molecule has 5 atom stereocenters. The van der Waals surface area contributed by atoms with E-state index in [-0.39, 0.29) is 36.9 Å². The molecule has 0 spiro atoms. The number of ether oxygens (including phenoxy) is 3. The number of nitrogen functional groups attached to an aromatic ring is 1. The quantitative estimate of drug-likeness (QED) is 0.298. The van der Waals surface area contributed by atoms with E-state index in [4.69, 9.17) is 24.5 Å². The monoisotopic (exact) mass is 419 g/mol. The Hall–Kier alpha value is -1.86. The Kier molecular flexibility index (Phi) is 6.15. The summed E-state index contributed by atoms with van der Waals surface area (Å²) in [6.45, 7) is 1.11. The number of rotatable bonds is 8. The lowest BCUT2D eigenvalue weighted by Crippen LogP contribution is -2.36. The topological polar surface area (TPSA) is 184 Å². The number of nitrogens with zero attached hydrogens (tertiary/aromatic N) is 3. The fourth-order valence-corrected chi connectivity index (χ4v) is 3.29. The Morgan fingerprint density at radius 3 is 2.89 bits per heavy atom. The second-order valence-electron chi connectivity index (χ2n) is 6.26. The van der Waals surface area contributed by atoms with Crippen LogP contribution in [0.4, 0.5) is 5.95 Å². The molecule has 2 unspecified atom stereocenters. The number of anilines is 1. The lowest BCUT2D eigenvalue weighted by atomic mass is 10.1. The van der Waals surface area contributed by atoms with Crippen LogP contribution in [-0.4, -0.2) is 81.4 Å². The molecule has 0 bridgehead atoms. The van der Waals surface area contributed by atoms with Crippen molar-refractivity contribution in [3.05, 3.63) is 16.7 Å². The molecular formula is C14H22N5O8P. The normalized spacial score (nSPS) is 27.3. The lowest BCUT2D eigenvalue weighted by molar-refractivity contribution is -0.0781. The number of aliphatic hydroxyl groups excluding tert-OH is 1. The van der Waals surface area contributed by atoms with Gasteiger partial charge in [0, 0.05) is 13.8 Å². The maximum absolute atomic E-state index is 12.0. The third-order valence-electron chi connectivity index (χ3n) is 4.11. The summed E-state index contributed by atoms with van der Waals surface area (Å²) in [7, 11) is -2.27. The molecule has 0 aromatic carbocycles. The first kappa shape index (κ1) is 20.9. The van der Waals surface area contributed by atoms with Crippen LogP contribution in [0, 0.1) is 0 Å². The third-order valence-corrected chi connectivity index (χ3v) is 4.74. The van der Waals surface area contributed by atoms with Crippen molar-refractivity contribution < 1.29 is 33.3 Å². The first-order valence-corrected chi connectivity index (χ1v) is 10.3. The average Bonchev–Trinajstić information content (AvgIpc) is 3.15. The van der Waals surface area contributed by atoms with E-state index in [0.717, 1.165) is 6.66 Å². The van der Waals surface area contributed by atoms with Gasteiger partial charge in [-0.05, 0) is 0 Å². The van der Waals surface area contributed by atoms with Crippen LogP contribution in [0.15, 0.2) is 11.1 Å². The number of H-pyrrole nitrogens is 1. The zero-order chi connectivity index (χ0) is 20.5. The lowest BCUT2D eigenvalue weighted by Gasteiger charge is -2.22. The fraction of sp³-hybridized carbons (Fsp3) is 0.643. The van der Waals surface area contributed by atoms with Crippen molar-refractivity contribution in [1.29, 1.82) is 0 Å². The molecule has 0 amide bonds. The molecule has 2 aromatic rings. The predicted molar refractivity (Wildman–Crippen MR) is 95.8 cm³/mol. The summed E-state index contributed by atoms with van der Waals surface area (Å²) in [6, 6.07) is 0. The van der Waals surface area contributed by atoms with Crippen LogP contribution in [0.25, 0.3) is 11.2 Å². The van der Waals surface area contributed by atoms with E-state index >= 15 is 0 Å². The summed E-state index contributed by atoms with van der Waals surface area (Å²) in [6.07, 6.45) is -2.68. The minimum Gasteiger partial charge on any atom is -0.387 e. The molecule has 0 saturated carbocycles. The van der Waals surface area contributed by atoms with E-state index in [9.17, 15) is 19.4 Å². The fourth-order valence-electron chi connectivity index (χ4n) is 2.87. The molecule has 0 aliphatic carbocycles. The number of nitrogens with two attached hydrogens (primary N) is 1. The van der Waals surface area contributed by atoms with Crippen molar-refractivity contribution in [2.24, 2.45) is 0 Å². The molecule has 1 saturated heterocycles. The Labute approximate surface area is 158 Å². The van der Waals surface area contributed by atoms with Crippen LogP contribution < -0.4 is 11.3 Å². The van der Waals surface area contributed by atoms with E-state index in [1.807, 2.05) is 0 Å². The molecule has 156 valence electrons. The van der Waals surface area contributed by atoms with Crippen molar-refractivity contribution in [1.82, 2.24) is 19.5 Å². The molecule has 13 nitrogen and oxygen atoms in total. The summed E-state index contributed by atoms with van der Waals surface area (Å²) in [5, 5.41) is 10.6. The van der Waals surface area contributed by atoms with Gasteiger partial charge in [-0.25, -0.2) is 4.98 Å². The van der Waals surface area contributed by atoms with Crippen molar-refractivity contribution in [3.8, 4) is 0 Å². The number of methoxy groups -OCH3 is 1. The number of aromatic nitrogens is 4. The van der Waals surface area contributed by atoms with Gasteiger partial charge in [0.1, 0.15) is 18.3 Å². The first-order valence-electron chi connectivity index (χ1n) is 8.32. The second kappa shape index (κ2) is 8.25. The minimum absolute atomic E-state index is 0.0380. The largest absolute Gasteiger partial charge is 0.387 e. The molecule has 1 aliphatic heterocycles. The molecule has 14 heteroatoms. The number of imidazole rings is 1. The standard InChI is InChI=1S/C14H22N5O8P/c1-24-3-4-25-10-9(20)7(5-26-28(2,22)23)27-13(10)19-6-16-8-11(19)17-14(15)18-12(8)21/h6-7,9-10,13,20H,3-5H2,1-2H3,(H,22,23)(H3,15,17,18,21)/t7-,9+,10?,13-/m1/s1. The van der Waals surface area contributed by atoms with Crippen molar-refractivity contribution in [2.75, 3.05) is 39.3 Å². The van der Waals surface area contributed by atoms with Gasteiger partial charge >= 0.3 is 7.60 Å². The highest BCUT2D eigenvalue weighted by Gasteiger charge is 2.46. The number of nitrogens with one attached hydrogen (secondary N) is 1. The molecule has 1 fully saturated rings. The highest BCUT2D eigenvalue weighted by Crippen LogP contribution is 2.39. The number of aromatic amines is 1. The molecule has 2 aromatic heterocycles. The zero-order valence-corrected chi connectivity index (χ0v) is 16.1. The molecule has 5 N–H and O–H groups in total. The van der Waals surface area contributed by atoms with Crippen molar-refractivity contribution >= 4 is 24.7 Å². The van der Waals surface area contributed by atoms with Gasteiger partial charge in [0.05, 0.1) is 26.1 Å². The maximum atomic E-state index is 12.0. The predicted octanol–water partition coefficient (Wildman–Crippen LogP) is -1.18. The van der Waals surface area contributed by atoms with E-state index in [0.29, 0.717) is 0 Å². The van der Waals surface area contributed by atoms with E-state index in [2.05, 4.69) is 15.0 Å². The van der Waals surface area contributed by atoms with Gasteiger partial charge in [-0.15, -0.1) is 0 Å². The highest BCUT2D eigenvalue weighted by molar-refractivity contribution is 7.51. The van der Waals surface area contributed by atoms with Crippen LogP contribution in [-0.2, 0) is 23.3 Å². The first-order chi connectivity index (χ1) is 13.2. The van der Waals surface area contributed by atoms with Gasteiger partial charge in [-0.1, -0.05) is 0 Å². The second-order valence-corrected chi connectivity index (χ2v) is 8.12. The highest BCUT2D eigenvalue weighted by atomic mass is 31.2. The van der Waals surface area contributed by atoms with Gasteiger partial charge in [0.25, 0.3) is 5.56 Å². The average molecular weight is 419 g/mol. The van der Waals surface area contributed by atoms with Crippen LogP contribution in [0.2, 0.25) is 0 Å². The van der Waals surface area contributed by atoms with E-state index in [1.165, 1.54) is 18.0 Å². The van der Waals surface area contributed by atoms with Gasteiger partial charge in [-0.3, -0.25) is 18.9 Å². The molecule has 1 aliphatic rings. The van der Waals surface area contributed by atoms with E-state index < -0.39 is 37.7 Å². The van der Waals surface area contributed by atoms with Crippen molar-refractivity contribution in [2.45, 2.75) is 24.5 Å². The van der Waals surface area contributed by atoms with Crippen LogP contribution in [0.3, 0.4) is 0 Å². The Balaban J connectivity index is 1.92. The van der Waals surface area contributed by atoms with Crippen LogP contribution in [0.5, 0.6) is 0 Å². The minimum atomic E-state index is -3.77. The number of fused-ring (bicyclic) bond motifs is 1. The van der Waals surface area contributed by atoms with Crippen molar-refractivity contribution in [3.63, 3.8) is 0 Å². The Morgan fingerprint density at radius 1 is 1.46 bits per heavy atom. The summed E-state index contributed by atoms with van der Waals surface area (Å²) in [5.41, 5.74) is 5.27. The summed E-state index contributed by atoms with van der Waals surface area (Å²) in [5.74, 6) is -0.110. The van der Waals surface area contributed by atoms with Gasteiger partial charge in [0.15, 0.2) is 17.4 Å². The Bertz CT molecular complexity index is 926. The van der Waals surface area contributed by atoms with Crippen LogP contribution in [0.1, 0.15) is 6.23 Å². The molecule has 3 heterocycles. The molecular weight excluding hydrogens is 397 g/mol. The number of hydrogen-bond acceptors (Lipinski definition) is 10. The molecule has 3 rings (SSSR count). The SMILES string of the molecule is COCCOC1[C@@H](O)[C@@H](COP(C)(=O)O)O[C@H]1n1cnc2c(=O)[nH]c(N)nc21. The zero-order valence-electron chi connectivity index (χ0n) is 15.2. The van der Waals surface area contributed by atoms with Gasteiger partial charge in [0.2, 0.25) is 5.95 Å². The molecule has 0 radical (unpaired) electrons. The third kappa shape index (κ3) is 4.41. The number of hydrogen-bond donors (Lipinski definition) is 4. The van der Waals surface area contributed by atoms with Gasteiger partial charge in [-0.2, -0.15) is 4.98 Å². The molecule has 28 heavy (non-hydrogen) atoms. The Morgan fingerprint density at radius 2 is 2.21 bits per heavy atom. The van der Waals surface area contributed by atoms with E-state index in [1.54, 1.807) is 0 Å². The maximum Gasteiger partial charge on any atom is 0.325 e.